The van der Waals surface area contributed by atoms with E-state index in [-0.39, 0.29) is 18.5 Å². The lowest BCUT2D eigenvalue weighted by molar-refractivity contribution is -0.280. The Balaban J connectivity index is 2.33. The van der Waals surface area contributed by atoms with E-state index in [0.29, 0.717) is 0 Å². The van der Waals surface area contributed by atoms with Crippen molar-refractivity contribution in [2.45, 2.75) is 5.92 Å². The first-order chi connectivity index (χ1) is 11.8. The predicted molar refractivity (Wildman–Crippen MR) is 93.1 cm³/mol. The van der Waals surface area contributed by atoms with Crippen molar-refractivity contribution in [1.82, 2.24) is 0 Å². The van der Waals surface area contributed by atoms with E-state index in [2.05, 4.69) is 4.89 Å². The van der Waals surface area contributed by atoms with Gasteiger partial charge in [-0.2, -0.15) is 0 Å². The maximum absolute atomic E-state index is 12.3. The largest absolute Gasteiger partial charge is 0.469 e. The zero-order valence-corrected chi connectivity index (χ0v) is 13.9. The summed E-state index contributed by atoms with van der Waals surface area (Å²) < 4.78 is 4.96. The van der Waals surface area contributed by atoms with Crippen molar-refractivity contribution in [3.05, 3.63) is 77.9 Å². The summed E-state index contributed by atoms with van der Waals surface area (Å²) in [6.07, 6.45) is 4.01. The first-order valence-electron chi connectivity index (χ1n) is 7.78. The molecule has 0 heterocycles. The van der Waals surface area contributed by atoms with Crippen LogP contribution in [0.1, 0.15) is 17.0 Å². The highest BCUT2D eigenvalue weighted by atomic mass is 17.2. The van der Waals surface area contributed by atoms with Gasteiger partial charge in [0.15, 0.2) is 0 Å². The molecule has 0 N–H and O–H groups in total. The Morgan fingerprint density at radius 1 is 1.00 bits per heavy atom. The number of rotatable bonds is 8. The van der Waals surface area contributed by atoms with Gasteiger partial charge < -0.3 is 4.74 Å². The molecule has 0 aliphatic rings. The van der Waals surface area contributed by atoms with Crippen LogP contribution in [0, 0.1) is 5.92 Å². The van der Waals surface area contributed by atoms with Crippen molar-refractivity contribution in [1.29, 1.82) is 0 Å². The molecule has 4 nitrogen and oxygen atoms in total. The fraction of sp³-hybridized carbons (Fsp3) is 0.250. The molecule has 0 radical (unpaired) electrons. The zero-order chi connectivity index (χ0) is 17.2. The van der Waals surface area contributed by atoms with E-state index >= 15 is 0 Å². The zero-order valence-electron chi connectivity index (χ0n) is 13.9. The highest BCUT2D eigenvalue weighted by molar-refractivity contribution is 5.74. The molecule has 0 fully saturated rings. The second kappa shape index (κ2) is 9.65. The number of allylic oxidation sites excluding steroid dienone is 1. The van der Waals surface area contributed by atoms with Crippen LogP contribution in [0.4, 0.5) is 0 Å². The van der Waals surface area contributed by atoms with E-state index in [0.717, 1.165) is 11.1 Å². The van der Waals surface area contributed by atoms with Crippen molar-refractivity contribution < 1.29 is 19.3 Å². The topological polar surface area (TPSA) is 44.8 Å². The molecule has 0 saturated carbocycles. The number of ether oxygens (including phenoxy) is 1. The van der Waals surface area contributed by atoms with Crippen LogP contribution in [0.25, 0.3) is 6.08 Å². The molecular formula is C20H22O4. The normalized spacial score (nSPS) is 13.6. The molecule has 24 heavy (non-hydrogen) atoms. The summed E-state index contributed by atoms with van der Waals surface area (Å²) in [5, 5.41) is 0. The average molecular weight is 326 g/mol. The van der Waals surface area contributed by atoms with Gasteiger partial charge in [0, 0.05) is 5.92 Å². The van der Waals surface area contributed by atoms with Crippen molar-refractivity contribution in [2.24, 2.45) is 5.92 Å². The van der Waals surface area contributed by atoms with E-state index in [1.807, 2.05) is 72.8 Å². The van der Waals surface area contributed by atoms with Gasteiger partial charge in [-0.05, 0) is 11.1 Å². The SMILES string of the molecule is COOCC(C(=O)OC)[C@H](/C=C/c1ccccc1)c1ccccc1. The number of hydrogen-bond donors (Lipinski definition) is 0. The Labute approximate surface area is 142 Å². The molecule has 0 aromatic heterocycles. The molecule has 2 atom stereocenters. The molecule has 0 aliphatic heterocycles. The molecule has 0 amide bonds. The average Bonchev–Trinajstić information content (AvgIpc) is 2.65. The van der Waals surface area contributed by atoms with Gasteiger partial charge in [0.1, 0.15) is 0 Å². The number of methoxy groups -OCH3 is 1. The molecule has 2 rings (SSSR count). The first kappa shape index (κ1) is 17.9. The minimum Gasteiger partial charge on any atom is -0.469 e. The molecule has 2 aromatic carbocycles. The fourth-order valence-electron chi connectivity index (χ4n) is 2.54. The third-order valence-corrected chi connectivity index (χ3v) is 3.78. The van der Waals surface area contributed by atoms with Gasteiger partial charge in [0.2, 0.25) is 0 Å². The van der Waals surface area contributed by atoms with Crippen molar-refractivity contribution in [3.63, 3.8) is 0 Å². The van der Waals surface area contributed by atoms with E-state index in [1.54, 1.807) is 0 Å². The van der Waals surface area contributed by atoms with E-state index in [4.69, 9.17) is 9.62 Å². The lowest BCUT2D eigenvalue weighted by Crippen LogP contribution is -2.27. The van der Waals surface area contributed by atoms with Crippen molar-refractivity contribution in [3.8, 4) is 0 Å². The lowest BCUT2D eigenvalue weighted by Gasteiger charge is -2.22. The smallest absolute Gasteiger partial charge is 0.312 e. The summed E-state index contributed by atoms with van der Waals surface area (Å²) in [6.45, 7) is 0.113. The van der Waals surface area contributed by atoms with Crippen LogP contribution in [0.5, 0.6) is 0 Å². The van der Waals surface area contributed by atoms with Gasteiger partial charge in [0.25, 0.3) is 0 Å². The predicted octanol–water partition coefficient (Wildman–Crippen LogP) is 3.85. The van der Waals surface area contributed by atoms with E-state index in [1.165, 1.54) is 14.2 Å². The summed E-state index contributed by atoms with van der Waals surface area (Å²) in [5.74, 6) is -1.02. The lowest BCUT2D eigenvalue weighted by atomic mass is 9.85. The molecular weight excluding hydrogens is 304 g/mol. The van der Waals surface area contributed by atoms with E-state index < -0.39 is 5.92 Å². The van der Waals surface area contributed by atoms with Crippen LogP contribution in [-0.4, -0.2) is 26.8 Å². The molecule has 0 saturated heterocycles. The molecule has 1 unspecified atom stereocenters. The molecule has 0 bridgehead atoms. The Morgan fingerprint density at radius 2 is 1.62 bits per heavy atom. The van der Waals surface area contributed by atoms with Gasteiger partial charge >= 0.3 is 5.97 Å². The quantitative estimate of drug-likeness (QED) is 0.420. The van der Waals surface area contributed by atoms with Crippen molar-refractivity contribution >= 4 is 12.0 Å². The molecule has 4 heteroatoms. The molecule has 0 aliphatic carbocycles. The van der Waals surface area contributed by atoms with Crippen LogP contribution in [0.15, 0.2) is 66.7 Å². The standard InChI is InChI=1S/C20H22O4/c1-22-20(21)19(15-24-23-2)18(17-11-7-4-8-12-17)14-13-16-9-5-3-6-10-16/h3-14,18-19H,15H2,1-2H3/b14-13+/t18-,19?/m1/s1. The number of carbonyl (C=O) groups excluding carboxylic acids is 1. The minimum atomic E-state index is -0.502. The number of hydrogen-bond acceptors (Lipinski definition) is 4. The van der Waals surface area contributed by atoms with Gasteiger partial charge in [0.05, 0.1) is 26.7 Å². The highest BCUT2D eigenvalue weighted by Gasteiger charge is 2.29. The van der Waals surface area contributed by atoms with Crippen molar-refractivity contribution in [2.75, 3.05) is 20.8 Å². The van der Waals surface area contributed by atoms with Crippen LogP contribution in [0.3, 0.4) is 0 Å². The molecule has 2 aromatic rings. The molecule has 0 spiro atoms. The number of benzene rings is 2. The first-order valence-corrected chi connectivity index (χ1v) is 7.78. The highest BCUT2D eigenvalue weighted by Crippen LogP contribution is 2.28. The second-order valence-electron chi connectivity index (χ2n) is 5.29. The maximum Gasteiger partial charge on any atom is 0.312 e. The third kappa shape index (κ3) is 5.05. The van der Waals surface area contributed by atoms with Gasteiger partial charge in [-0.25, -0.2) is 9.78 Å². The Kier molecular flexibility index (Phi) is 7.21. The number of carbonyl (C=O) groups is 1. The monoisotopic (exact) mass is 326 g/mol. The molecule has 126 valence electrons. The van der Waals surface area contributed by atoms with Gasteiger partial charge in [-0.3, -0.25) is 4.79 Å². The van der Waals surface area contributed by atoms with E-state index in [9.17, 15) is 4.79 Å². The van der Waals surface area contributed by atoms with Gasteiger partial charge in [-0.1, -0.05) is 72.8 Å². The Morgan fingerprint density at radius 3 is 2.21 bits per heavy atom. The maximum atomic E-state index is 12.3. The second-order valence-corrected chi connectivity index (χ2v) is 5.29. The Bertz CT molecular complexity index is 637. The number of esters is 1. The van der Waals surface area contributed by atoms with Crippen LogP contribution >= 0.6 is 0 Å². The summed E-state index contributed by atoms with van der Waals surface area (Å²) in [5.41, 5.74) is 2.08. The summed E-state index contributed by atoms with van der Waals surface area (Å²) in [4.78, 5) is 22.0. The van der Waals surface area contributed by atoms with Gasteiger partial charge in [-0.15, -0.1) is 0 Å². The summed E-state index contributed by atoms with van der Waals surface area (Å²) >= 11 is 0. The Hall–Kier alpha value is -2.43. The van der Waals surface area contributed by atoms with Crippen LogP contribution in [-0.2, 0) is 19.3 Å². The summed E-state index contributed by atoms with van der Waals surface area (Å²) in [6, 6.07) is 19.8. The van der Waals surface area contributed by atoms with Crippen LogP contribution in [0.2, 0.25) is 0 Å². The van der Waals surface area contributed by atoms with Crippen LogP contribution < -0.4 is 0 Å². The fourth-order valence-corrected chi connectivity index (χ4v) is 2.54. The minimum absolute atomic E-state index is 0.113. The summed E-state index contributed by atoms with van der Waals surface area (Å²) in [7, 11) is 2.80. The third-order valence-electron chi connectivity index (χ3n) is 3.78.